The third-order valence-corrected chi connectivity index (χ3v) is 3.08. The van der Waals surface area contributed by atoms with Crippen LogP contribution in [0.2, 0.25) is 0 Å². The Hall–Kier alpha value is -1.75. The lowest BCUT2D eigenvalue weighted by Gasteiger charge is -2.24. The molecule has 0 saturated heterocycles. The van der Waals surface area contributed by atoms with Crippen molar-refractivity contribution in [2.24, 2.45) is 4.99 Å². The normalized spacial score (nSPS) is 12.1. The number of nitrogens with zero attached hydrogens (tertiary/aromatic N) is 1. The van der Waals surface area contributed by atoms with E-state index in [2.05, 4.69) is 15.6 Å². The smallest absolute Gasteiger partial charge is 0.191 e. The van der Waals surface area contributed by atoms with Gasteiger partial charge in [-0.05, 0) is 32.4 Å². The predicted octanol–water partition coefficient (Wildman–Crippen LogP) is 2.05. The Labute approximate surface area is 127 Å². The molecule has 0 radical (unpaired) electrons. The highest BCUT2D eigenvalue weighted by Gasteiger charge is 2.16. The summed E-state index contributed by atoms with van der Waals surface area (Å²) in [6.07, 6.45) is 0.906. The van der Waals surface area contributed by atoms with Gasteiger partial charge in [0.2, 0.25) is 0 Å². The molecule has 5 nitrogen and oxygen atoms in total. The van der Waals surface area contributed by atoms with Crippen LogP contribution in [-0.4, -0.2) is 45.4 Å². The maximum atomic E-state index is 5.63. The molecule has 0 aliphatic carbocycles. The Balaban J connectivity index is 2.15. The van der Waals surface area contributed by atoms with Crippen LogP contribution in [0.4, 0.5) is 0 Å². The van der Waals surface area contributed by atoms with Gasteiger partial charge in [-0.1, -0.05) is 18.2 Å². The second-order valence-electron chi connectivity index (χ2n) is 5.33. The van der Waals surface area contributed by atoms with E-state index in [1.54, 1.807) is 14.2 Å². The highest BCUT2D eigenvalue weighted by Crippen LogP contribution is 2.08. The summed E-state index contributed by atoms with van der Waals surface area (Å²) in [6.45, 7) is 6.24. The number of nitrogens with one attached hydrogen (secondary N) is 2. The van der Waals surface area contributed by atoms with Gasteiger partial charge in [0.05, 0.1) is 12.2 Å². The molecule has 1 aromatic rings. The quantitative estimate of drug-likeness (QED) is 0.437. The van der Waals surface area contributed by atoms with Crippen LogP contribution in [0.3, 0.4) is 0 Å². The van der Waals surface area contributed by atoms with Gasteiger partial charge in [0.25, 0.3) is 0 Å². The number of rotatable bonds is 8. The van der Waals surface area contributed by atoms with Gasteiger partial charge in [-0.25, -0.2) is 0 Å². The predicted molar refractivity (Wildman–Crippen MR) is 87.0 cm³/mol. The number of aliphatic imine (C=N–C) groups is 1. The molecule has 1 rings (SSSR count). The van der Waals surface area contributed by atoms with Gasteiger partial charge in [-0.2, -0.15) is 0 Å². The fourth-order valence-electron chi connectivity index (χ4n) is 1.58. The Morgan fingerprint density at radius 3 is 2.52 bits per heavy atom. The van der Waals surface area contributed by atoms with Crippen molar-refractivity contribution in [3.05, 3.63) is 30.3 Å². The van der Waals surface area contributed by atoms with Gasteiger partial charge in [0.1, 0.15) is 5.75 Å². The van der Waals surface area contributed by atoms with Crippen molar-refractivity contribution in [2.45, 2.75) is 25.9 Å². The molecule has 0 atom stereocenters. The average Bonchev–Trinajstić information content (AvgIpc) is 2.51. The maximum Gasteiger partial charge on any atom is 0.191 e. The molecule has 118 valence electrons. The largest absolute Gasteiger partial charge is 0.494 e. The minimum Gasteiger partial charge on any atom is -0.494 e. The Morgan fingerprint density at radius 2 is 1.90 bits per heavy atom. The second kappa shape index (κ2) is 9.23. The van der Waals surface area contributed by atoms with Crippen LogP contribution in [0.1, 0.15) is 20.3 Å². The van der Waals surface area contributed by atoms with Gasteiger partial charge in [0.15, 0.2) is 5.96 Å². The molecule has 0 spiro atoms. The molecule has 0 fully saturated rings. The van der Waals surface area contributed by atoms with E-state index < -0.39 is 0 Å². The van der Waals surface area contributed by atoms with E-state index in [4.69, 9.17) is 9.47 Å². The van der Waals surface area contributed by atoms with Crippen LogP contribution in [0.25, 0.3) is 0 Å². The fraction of sp³-hybridized carbons (Fsp3) is 0.562. The lowest BCUT2D eigenvalue weighted by Crippen LogP contribution is -2.45. The van der Waals surface area contributed by atoms with Crippen molar-refractivity contribution in [3.63, 3.8) is 0 Å². The topological polar surface area (TPSA) is 54.9 Å². The number of guanidine groups is 1. The van der Waals surface area contributed by atoms with Crippen molar-refractivity contribution in [3.8, 4) is 5.75 Å². The highest BCUT2D eigenvalue weighted by molar-refractivity contribution is 5.79. The Morgan fingerprint density at radius 1 is 1.19 bits per heavy atom. The zero-order chi connectivity index (χ0) is 15.6. The van der Waals surface area contributed by atoms with Gasteiger partial charge in [-0.3, -0.25) is 4.99 Å². The molecule has 0 aliphatic heterocycles. The van der Waals surface area contributed by atoms with Gasteiger partial charge >= 0.3 is 0 Å². The molecular formula is C16H27N3O2. The van der Waals surface area contributed by atoms with Gasteiger partial charge in [0, 0.05) is 27.2 Å². The summed E-state index contributed by atoms with van der Waals surface area (Å²) in [5, 5.41) is 6.50. The van der Waals surface area contributed by atoms with Gasteiger partial charge < -0.3 is 20.1 Å². The third kappa shape index (κ3) is 7.56. The number of para-hydroxylation sites is 1. The van der Waals surface area contributed by atoms with E-state index in [-0.39, 0.29) is 5.60 Å². The molecule has 1 aromatic carbocycles. The summed E-state index contributed by atoms with van der Waals surface area (Å²) in [5.74, 6) is 1.68. The average molecular weight is 293 g/mol. The molecule has 0 aliphatic rings. The molecule has 5 heteroatoms. The zero-order valence-electron chi connectivity index (χ0n) is 13.5. The molecule has 0 saturated carbocycles. The van der Waals surface area contributed by atoms with E-state index in [1.807, 2.05) is 44.2 Å². The minimum absolute atomic E-state index is 0.214. The first-order valence-electron chi connectivity index (χ1n) is 7.25. The van der Waals surface area contributed by atoms with Crippen LogP contribution >= 0.6 is 0 Å². The summed E-state index contributed by atoms with van der Waals surface area (Å²) in [7, 11) is 3.47. The summed E-state index contributed by atoms with van der Waals surface area (Å²) in [6, 6.07) is 9.83. The first-order valence-corrected chi connectivity index (χ1v) is 7.25. The maximum absolute atomic E-state index is 5.63. The van der Waals surface area contributed by atoms with Crippen LogP contribution < -0.4 is 15.4 Å². The monoisotopic (exact) mass is 293 g/mol. The lowest BCUT2D eigenvalue weighted by atomic mass is 10.1. The van der Waals surface area contributed by atoms with Gasteiger partial charge in [-0.15, -0.1) is 0 Å². The summed E-state index contributed by atoms with van der Waals surface area (Å²) in [5.41, 5.74) is -0.214. The van der Waals surface area contributed by atoms with Crippen molar-refractivity contribution in [1.82, 2.24) is 10.6 Å². The fourth-order valence-corrected chi connectivity index (χ4v) is 1.58. The molecule has 2 N–H and O–H groups in total. The first-order chi connectivity index (χ1) is 10.1. The van der Waals surface area contributed by atoms with Crippen LogP contribution in [0.5, 0.6) is 5.75 Å². The molecule has 0 heterocycles. The van der Waals surface area contributed by atoms with Crippen LogP contribution in [0.15, 0.2) is 35.3 Å². The van der Waals surface area contributed by atoms with Crippen molar-refractivity contribution < 1.29 is 9.47 Å². The van der Waals surface area contributed by atoms with Crippen molar-refractivity contribution >= 4 is 5.96 Å². The molecule has 21 heavy (non-hydrogen) atoms. The Bertz CT molecular complexity index is 419. The van der Waals surface area contributed by atoms with E-state index in [0.717, 1.165) is 24.7 Å². The van der Waals surface area contributed by atoms with E-state index in [1.165, 1.54) is 0 Å². The molecular weight excluding hydrogens is 266 g/mol. The van der Waals surface area contributed by atoms with E-state index in [9.17, 15) is 0 Å². The lowest BCUT2D eigenvalue weighted by molar-refractivity contribution is 0.0268. The molecule has 0 aromatic heterocycles. The summed E-state index contributed by atoms with van der Waals surface area (Å²) in [4.78, 5) is 4.18. The van der Waals surface area contributed by atoms with E-state index >= 15 is 0 Å². The molecule has 0 unspecified atom stereocenters. The highest BCUT2D eigenvalue weighted by atomic mass is 16.5. The minimum atomic E-state index is -0.214. The number of hydrogen-bond acceptors (Lipinski definition) is 3. The Kier molecular flexibility index (Phi) is 7.61. The number of benzene rings is 1. The summed E-state index contributed by atoms with van der Waals surface area (Å²) < 4.78 is 11.0. The number of ether oxygens (including phenoxy) is 2. The number of methoxy groups -OCH3 is 1. The number of hydrogen-bond donors (Lipinski definition) is 2. The van der Waals surface area contributed by atoms with Crippen LogP contribution in [0, 0.1) is 0 Å². The second-order valence-corrected chi connectivity index (χ2v) is 5.33. The van der Waals surface area contributed by atoms with Crippen molar-refractivity contribution in [1.29, 1.82) is 0 Å². The van der Waals surface area contributed by atoms with Crippen molar-refractivity contribution in [2.75, 3.05) is 33.9 Å². The first kappa shape index (κ1) is 17.3. The van der Waals surface area contributed by atoms with E-state index in [0.29, 0.717) is 13.2 Å². The SMILES string of the molecule is CN=C(NCCCOc1ccccc1)NCC(C)(C)OC. The standard InChI is InChI=1S/C16H27N3O2/c1-16(2,20-4)13-19-15(17-3)18-11-8-12-21-14-9-6-5-7-10-14/h5-7,9-10H,8,11-13H2,1-4H3,(H2,17,18,19). The zero-order valence-corrected chi connectivity index (χ0v) is 13.5. The molecule has 0 bridgehead atoms. The third-order valence-electron chi connectivity index (χ3n) is 3.08. The summed E-state index contributed by atoms with van der Waals surface area (Å²) >= 11 is 0. The van der Waals surface area contributed by atoms with Crippen LogP contribution in [-0.2, 0) is 4.74 Å². The molecule has 0 amide bonds.